The predicted molar refractivity (Wildman–Crippen MR) is 87.1 cm³/mol. The van der Waals surface area contributed by atoms with Crippen molar-refractivity contribution >= 4 is 0 Å². The van der Waals surface area contributed by atoms with Crippen molar-refractivity contribution in [3.05, 3.63) is 12.7 Å². The first-order valence-electron chi connectivity index (χ1n) is 8.42. The number of allylic oxidation sites excluding steroid dienone is 1. The third kappa shape index (κ3) is 3.44. The van der Waals surface area contributed by atoms with Gasteiger partial charge in [0.25, 0.3) is 0 Å². The number of rotatable bonds is 8. The van der Waals surface area contributed by atoms with E-state index in [0.29, 0.717) is 11.3 Å². The maximum absolute atomic E-state index is 4.03. The van der Waals surface area contributed by atoms with E-state index in [1.54, 1.807) is 0 Å². The fraction of sp³-hybridized carbons (Fsp3) is 0.895. The van der Waals surface area contributed by atoms with Crippen molar-refractivity contribution in [1.82, 2.24) is 0 Å². The highest BCUT2D eigenvalue weighted by atomic mass is 14.7. The van der Waals surface area contributed by atoms with Gasteiger partial charge in [0.2, 0.25) is 0 Å². The smallest absolute Gasteiger partial charge is 0.0231 e. The highest BCUT2D eigenvalue weighted by Gasteiger charge is 2.61. The fourth-order valence-corrected chi connectivity index (χ4v) is 4.27. The second kappa shape index (κ2) is 6.46. The van der Waals surface area contributed by atoms with E-state index in [-0.39, 0.29) is 0 Å². The molecule has 0 heterocycles. The van der Waals surface area contributed by atoms with Gasteiger partial charge in [-0.2, -0.15) is 0 Å². The molecule has 6 atom stereocenters. The molecular formula is C19H36. The molecule has 0 radical (unpaired) electrons. The standard InChI is InChI=1S/C19H36/c1-9-14(5)11-12-19(8)16(7)18(19)17(13(3)4)15(6)10-2/h10,13-18H,2,9,11-12H2,1,3-8H3. The number of hydrogen-bond acceptors (Lipinski definition) is 0. The Hall–Kier alpha value is -0.260. The van der Waals surface area contributed by atoms with E-state index < -0.39 is 0 Å². The van der Waals surface area contributed by atoms with Crippen LogP contribution in [0.5, 0.6) is 0 Å². The van der Waals surface area contributed by atoms with Crippen LogP contribution in [-0.2, 0) is 0 Å². The first kappa shape index (κ1) is 16.8. The van der Waals surface area contributed by atoms with E-state index in [9.17, 15) is 0 Å². The predicted octanol–water partition coefficient (Wildman–Crippen LogP) is 6.18. The average molecular weight is 264 g/mol. The van der Waals surface area contributed by atoms with Crippen LogP contribution >= 0.6 is 0 Å². The molecule has 0 aromatic carbocycles. The lowest BCUT2D eigenvalue weighted by Crippen LogP contribution is -2.22. The number of hydrogen-bond donors (Lipinski definition) is 0. The lowest BCUT2D eigenvalue weighted by Gasteiger charge is -2.28. The molecule has 1 rings (SSSR count). The van der Waals surface area contributed by atoms with Gasteiger partial charge in [-0.1, -0.05) is 67.4 Å². The molecule has 0 aromatic heterocycles. The second-order valence-electron chi connectivity index (χ2n) is 7.79. The van der Waals surface area contributed by atoms with Crippen LogP contribution in [0.1, 0.15) is 67.7 Å². The van der Waals surface area contributed by atoms with Crippen molar-refractivity contribution < 1.29 is 0 Å². The van der Waals surface area contributed by atoms with Crippen molar-refractivity contribution in [3.63, 3.8) is 0 Å². The van der Waals surface area contributed by atoms with E-state index in [4.69, 9.17) is 0 Å². The third-order valence-corrected chi connectivity index (χ3v) is 6.27. The maximum atomic E-state index is 4.03. The Balaban J connectivity index is 2.70. The molecule has 0 amide bonds. The molecule has 0 saturated heterocycles. The molecule has 1 fully saturated rings. The molecule has 0 heteroatoms. The van der Waals surface area contributed by atoms with Gasteiger partial charge in [-0.25, -0.2) is 0 Å². The summed E-state index contributed by atoms with van der Waals surface area (Å²) in [7, 11) is 0. The molecule has 0 spiro atoms. The zero-order valence-corrected chi connectivity index (χ0v) is 14.4. The van der Waals surface area contributed by atoms with Gasteiger partial charge in [0.1, 0.15) is 0 Å². The minimum atomic E-state index is 0.593. The lowest BCUT2D eigenvalue weighted by atomic mass is 9.77. The normalized spacial score (nSPS) is 34.9. The Morgan fingerprint density at radius 1 is 1.21 bits per heavy atom. The summed E-state index contributed by atoms with van der Waals surface area (Å²) in [6.45, 7) is 20.9. The van der Waals surface area contributed by atoms with Gasteiger partial charge in [0.15, 0.2) is 0 Å². The van der Waals surface area contributed by atoms with Crippen LogP contribution in [-0.4, -0.2) is 0 Å². The molecule has 1 aliphatic rings. The Morgan fingerprint density at radius 2 is 1.79 bits per heavy atom. The van der Waals surface area contributed by atoms with Gasteiger partial charge >= 0.3 is 0 Å². The Morgan fingerprint density at radius 3 is 2.21 bits per heavy atom. The van der Waals surface area contributed by atoms with Crippen LogP contribution in [0, 0.1) is 40.9 Å². The van der Waals surface area contributed by atoms with Crippen molar-refractivity contribution in [1.29, 1.82) is 0 Å². The van der Waals surface area contributed by atoms with E-state index in [1.165, 1.54) is 19.3 Å². The molecule has 0 aliphatic heterocycles. The SMILES string of the molecule is C=CC(C)C(C(C)C)C1C(C)C1(C)CCC(C)CC. The highest BCUT2D eigenvalue weighted by molar-refractivity contribution is 5.10. The van der Waals surface area contributed by atoms with E-state index in [0.717, 1.165) is 29.6 Å². The van der Waals surface area contributed by atoms with Crippen LogP contribution in [0.3, 0.4) is 0 Å². The quantitative estimate of drug-likeness (QED) is 0.459. The van der Waals surface area contributed by atoms with Crippen molar-refractivity contribution in [2.75, 3.05) is 0 Å². The maximum Gasteiger partial charge on any atom is -0.0231 e. The summed E-state index contributed by atoms with van der Waals surface area (Å²) < 4.78 is 0. The summed E-state index contributed by atoms with van der Waals surface area (Å²) in [6.07, 6.45) is 6.32. The summed E-state index contributed by atoms with van der Waals surface area (Å²) >= 11 is 0. The molecule has 6 unspecified atom stereocenters. The summed E-state index contributed by atoms with van der Waals surface area (Å²) in [4.78, 5) is 0. The van der Waals surface area contributed by atoms with Crippen LogP contribution in [0.15, 0.2) is 12.7 Å². The highest BCUT2D eigenvalue weighted by Crippen LogP contribution is 2.66. The summed E-state index contributed by atoms with van der Waals surface area (Å²) in [6, 6.07) is 0. The molecule has 1 aliphatic carbocycles. The second-order valence-corrected chi connectivity index (χ2v) is 7.79. The zero-order chi connectivity index (χ0) is 14.8. The van der Waals surface area contributed by atoms with E-state index in [2.05, 4.69) is 61.1 Å². The average Bonchev–Trinajstić information content (AvgIpc) is 2.89. The van der Waals surface area contributed by atoms with Crippen LogP contribution in [0.4, 0.5) is 0 Å². The summed E-state index contributed by atoms with van der Waals surface area (Å²) in [5, 5.41) is 0. The van der Waals surface area contributed by atoms with Gasteiger partial charge in [-0.3, -0.25) is 0 Å². The Bertz CT molecular complexity index is 290. The largest absolute Gasteiger partial charge is 0.103 e. The molecular weight excluding hydrogens is 228 g/mol. The van der Waals surface area contributed by atoms with Gasteiger partial charge in [-0.05, 0) is 47.3 Å². The molecule has 0 nitrogen and oxygen atoms in total. The minimum absolute atomic E-state index is 0.593. The molecule has 0 aromatic rings. The van der Waals surface area contributed by atoms with Crippen molar-refractivity contribution in [2.24, 2.45) is 40.9 Å². The van der Waals surface area contributed by atoms with Gasteiger partial charge < -0.3 is 0 Å². The molecule has 112 valence electrons. The molecule has 0 bridgehead atoms. The molecule has 19 heavy (non-hydrogen) atoms. The van der Waals surface area contributed by atoms with Crippen LogP contribution in [0.25, 0.3) is 0 Å². The van der Waals surface area contributed by atoms with Gasteiger partial charge in [0, 0.05) is 0 Å². The third-order valence-electron chi connectivity index (χ3n) is 6.27. The Kier molecular flexibility index (Phi) is 5.71. The first-order valence-corrected chi connectivity index (χ1v) is 8.42. The van der Waals surface area contributed by atoms with E-state index in [1.807, 2.05) is 0 Å². The molecule has 1 saturated carbocycles. The van der Waals surface area contributed by atoms with Crippen LogP contribution in [0.2, 0.25) is 0 Å². The topological polar surface area (TPSA) is 0 Å². The first-order chi connectivity index (χ1) is 8.79. The summed E-state index contributed by atoms with van der Waals surface area (Å²) in [5.41, 5.74) is 0.593. The van der Waals surface area contributed by atoms with Crippen molar-refractivity contribution in [3.8, 4) is 0 Å². The molecule has 0 N–H and O–H groups in total. The fourth-order valence-electron chi connectivity index (χ4n) is 4.27. The van der Waals surface area contributed by atoms with E-state index >= 15 is 0 Å². The monoisotopic (exact) mass is 264 g/mol. The van der Waals surface area contributed by atoms with Crippen LogP contribution < -0.4 is 0 Å². The van der Waals surface area contributed by atoms with Crippen molar-refractivity contribution in [2.45, 2.75) is 67.7 Å². The van der Waals surface area contributed by atoms with Gasteiger partial charge in [0.05, 0.1) is 0 Å². The Labute approximate surface area is 122 Å². The zero-order valence-electron chi connectivity index (χ0n) is 14.4. The summed E-state index contributed by atoms with van der Waals surface area (Å²) in [5.74, 6) is 4.92. The minimum Gasteiger partial charge on any atom is -0.103 e. The lowest BCUT2D eigenvalue weighted by molar-refractivity contribution is 0.228. The van der Waals surface area contributed by atoms with Gasteiger partial charge in [-0.15, -0.1) is 6.58 Å².